The van der Waals surface area contributed by atoms with Crippen molar-refractivity contribution < 1.29 is 17.3 Å². The summed E-state index contributed by atoms with van der Waals surface area (Å²) >= 11 is 0. The minimum atomic E-state index is -3.28. The van der Waals surface area contributed by atoms with Crippen molar-refractivity contribution in [1.82, 2.24) is 0 Å². The molecule has 1 atom stereocenters. The molecule has 0 aromatic rings. The monoisotopic (exact) mass is 152 g/mol. The second-order valence-electron chi connectivity index (χ2n) is 1.85. The van der Waals surface area contributed by atoms with E-state index < -0.39 is 10.1 Å². The van der Waals surface area contributed by atoms with Gasteiger partial charge in [-0.25, -0.2) is 0 Å². The Morgan fingerprint density at radius 3 is 2.67 bits per heavy atom. The van der Waals surface area contributed by atoms with Gasteiger partial charge in [0, 0.05) is 0 Å². The molecule has 1 aliphatic heterocycles. The van der Waals surface area contributed by atoms with E-state index in [4.69, 9.17) is 0 Å². The van der Waals surface area contributed by atoms with Gasteiger partial charge in [-0.3, -0.25) is 4.18 Å². The summed E-state index contributed by atoms with van der Waals surface area (Å²) in [6.07, 6.45) is -0.116. The van der Waals surface area contributed by atoms with Gasteiger partial charge < -0.3 is 4.74 Å². The number of hydrogen-bond donors (Lipinski definition) is 0. The molecule has 1 rings (SSSR count). The van der Waals surface area contributed by atoms with Crippen molar-refractivity contribution in [2.75, 3.05) is 19.5 Å². The molecule has 1 aliphatic rings. The third kappa shape index (κ3) is 2.30. The highest BCUT2D eigenvalue weighted by Crippen LogP contribution is 2.11. The third-order valence-corrected chi connectivity index (χ3v) is 2.33. The van der Waals surface area contributed by atoms with E-state index in [9.17, 15) is 8.42 Å². The Balaban J connectivity index is 2.40. The Labute approximate surface area is 53.9 Å². The molecule has 5 heteroatoms. The first-order valence-electron chi connectivity index (χ1n) is 2.54. The predicted octanol–water partition coefficient (Wildman–Crippen LogP) is -0.639. The van der Waals surface area contributed by atoms with Gasteiger partial charge in [-0.05, 0) is 0 Å². The van der Waals surface area contributed by atoms with Crippen molar-refractivity contribution in [3.63, 3.8) is 0 Å². The van der Waals surface area contributed by atoms with E-state index >= 15 is 0 Å². The minimum absolute atomic E-state index is 0.0104. The summed E-state index contributed by atoms with van der Waals surface area (Å²) in [6, 6.07) is 0. The standard InChI is InChI=1S/C4H8O4S/c1-7-9(5,6)3-4-2-8-4/h4H,2-3H2,1H3/t4-/m0/s1. The first kappa shape index (κ1) is 6.98. The molecule has 1 saturated heterocycles. The van der Waals surface area contributed by atoms with Crippen molar-refractivity contribution in [3.8, 4) is 0 Å². The van der Waals surface area contributed by atoms with Gasteiger partial charge in [0.15, 0.2) is 0 Å². The summed E-state index contributed by atoms with van der Waals surface area (Å²) in [7, 11) is -2.13. The van der Waals surface area contributed by atoms with Crippen LogP contribution in [0.15, 0.2) is 0 Å². The Hall–Kier alpha value is -0.130. The van der Waals surface area contributed by atoms with Gasteiger partial charge in [0.1, 0.15) is 5.75 Å². The van der Waals surface area contributed by atoms with Gasteiger partial charge in [-0.2, -0.15) is 8.42 Å². The van der Waals surface area contributed by atoms with E-state index in [1.807, 2.05) is 0 Å². The van der Waals surface area contributed by atoms with Crippen LogP contribution in [0.5, 0.6) is 0 Å². The van der Waals surface area contributed by atoms with Crippen LogP contribution < -0.4 is 0 Å². The van der Waals surface area contributed by atoms with Crippen LogP contribution in [0.25, 0.3) is 0 Å². The van der Waals surface area contributed by atoms with Gasteiger partial charge in [-0.15, -0.1) is 0 Å². The van der Waals surface area contributed by atoms with Gasteiger partial charge in [0.25, 0.3) is 10.1 Å². The third-order valence-electron chi connectivity index (χ3n) is 1.05. The molecule has 54 valence electrons. The number of hydrogen-bond acceptors (Lipinski definition) is 4. The molecule has 0 bridgehead atoms. The average Bonchev–Trinajstić information content (AvgIpc) is 2.50. The molecule has 0 unspecified atom stereocenters. The quantitative estimate of drug-likeness (QED) is 0.399. The van der Waals surface area contributed by atoms with E-state index in [2.05, 4.69) is 8.92 Å². The molecule has 0 aromatic heterocycles. The van der Waals surface area contributed by atoms with Gasteiger partial charge in [0.05, 0.1) is 19.8 Å². The van der Waals surface area contributed by atoms with Gasteiger partial charge in [0.2, 0.25) is 0 Å². The first-order valence-corrected chi connectivity index (χ1v) is 4.12. The van der Waals surface area contributed by atoms with E-state index in [1.165, 1.54) is 0 Å². The van der Waals surface area contributed by atoms with Crippen LogP contribution >= 0.6 is 0 Å². The highest BCUT2D eigenvalue weighted by Gasteiger charge is 2.29. The fraction of sp³-hybridized carbons (Fsp3) is 1.00. The molecule has 0 aliphatic carbocycles. The summed E-state index contributed by atoms with van der Waals surface area (Å²) in [6.45, 7) is 0.544. The molecule has 0 aromatic carbocycles. The Bertz CT molecular complexity index is 179. The lowest BCUT2D eigenvalue weighted by atomic mass is 10.6. The summed E-state index contributed by atoms with van der Waals surface area (Å²) in [5.41, 5.74) is 0. The minimum Gasteiger partial charge on any atom is -0.372 e. The van der Waals surface area contributed by atoms with Crippen molar-refractivity contribution >= 4 is 10.1 Å². The largest absolute Gasteiger partial charge is 0.372 e. The van der Waals surface area contributed by atoms with Gasteiger partial charge in [-0.1, -0.05) is 0 Å². The van der Waals surface area contributed by atoms with Crippen molar-refractivity contribution in [1.29, 1.82) is 0 Å². The highest BCUT2D eigenvalue weighted by molar-refractivity contribution is 7.86. The molecule has 0 N–H and O–H groups in total. The molecule has 0 amide bonds. The number of epoxide rings is 1. The van der Waals surface area contributed by atoms with E-state index in [-0.39, 0.29) is 11.9 Å². The van der Waals surface area contributed by atoms with Crippen LogP contribution in [0.4, 0.5) is 0 Å². The second kappa shape index (κ2) is 2.24. The molecule has 0 spiro atoms. The summed E-state index contributed by atoms with van der Waals surface area (Å²) in [4.78, 5) is 0. The van der Waals surface area contributed by atoms with Crippen LogP contribution in [-0.2, 0) is 19.0 Å². The maximum atomic E-state index is 10.5. The van der Waals surface area contributed by atoms with Crippen LogP contribution in [0.2, 0.25) is 0 Å². The molecule has 9 heavy (non-hydrogen) atoms. The lowest BCUT2D eigenvalue weighted by molar-refractivity contribution is 0.381. The Kier molecular flexibility index (Phi) is 1.74. The van der Waals surface area contributed by atoms with Crippen LogP contribution in [0.1, 0.15) is 0 Å². The Morgan fingerprint density at radius 1 is 1.78 bits per heavy atom. The van der Waals surface area contributed by atoms with Crippen molar-refractivity contribution in [2.24, 2.45) is 0 Å². The lowest BCUT2D eigenvalue weighted by Gasteiger charge is -1.94. The maximum absolute atomic E-state index is 10.5. The second-order valence-corrected chi connectivity index (χ2v) is 3.63. The van der Waals surface area contributed by atoms with E-state index in [1.54, 1.807) is 0 Å². The average molecular weight is 152 g/mol. The van der Waals surface area contributed by atoms with Crippen LogP contribution in [0, 0.1) is 0 Å². The zero-order valence-corrected chi connectivity index (χ0v) is 5.85. The first-order chi connectivity index (χ1) is 4.14. The fourth-order valence-corrected chi connectivity index (χ4v) is 1.24. The smallest absolute Gasteiger partial charge is 0.269 e. The topological polar surface area (TPSA) is 55.9 Å². The van der Waals surface area contributed by atoms with Crippen LogP contribution in [0.3, 0.4) is 0 Å². The molecule has 1 heterocycles. The molecule has 0 radical (unpaired) electrons. The predicted molar refractivity (Wildman–Crippen MR) is 30.5 cm³/mol. The molecular weight excluding hydrogens is 144 g/mol. The van der Waals surface area contributed by atoms with Gasteiger partial charge >= 0.3 is 0 Å². The number of ether oxygens (including phenoxy) is 1. The highest BCUT2D eigenvalue weighted by atomic mass is 32.2. The Morgan fingerprint density at radius 2 is 2.33 bits per heavy atom. The molecule has 0 saturated carbocycles. The SMILES string of the molecule is COS(=O)(=O)C[C@@H]1CO1. The van der Waals surface area contributed by atoms with Crippen molar-refractivity contribution in [2.45, 2.75) is 6.10 Å². The fourth-order valence-electron chi connectivity index (χ4n) is 0.460. The van der Waals surface area contributed by atoms with E-state index in [0.717, 1.165) is 7.11 Å². The molecular formula is C4H8O4S. The molecule has 1 fully saturated rings. The molecule has 4 nitrogen and oxygen atoms in total. The normalized spacial score (nSPS) is 26.1. The number of rotatable bonds is 3. The summed E-state index contributed by atoms with van der Waals surface area (Å²) < 4.78 is 30.0. The van der Waals surface area contributed by atoms with Crippen molar-refractivity contribution in [3.05, 3.63) is 0 Å². The van der Waals surface area contributed by atoms with E-state index in [0.29, 0.717) is 6.61 Å². The van der Waals surface area contributed by atoms with Crippen LogP contribution in [-0.4, -0.2) is 34.0 Å². The zero-order chi connectivity index (χ0) is 6.91. The lowest BCUT2D eigenvalue weighted by Crippen LogP contribution is -2.12. The maximum Gasteiger partial charge on any atom is 0.269 e. The summed E-state index contributed by atoms with van der Waals surface area (Å²) in [5, 5.41) is 0. The zero-order valence-electron chi connectivity index (χ0n) is 5.03. The summed E-state index contributed by atoms with van der Waals surface area (Å²) in [5.74, 6) is -0.0104.